The monoisotopic (exact) mass is 268 g/mol. The Balaban J connectivity index is 1.86. The summed E-state index contributed by atoms with van der Waals surface area (Å²) in [4.78, 5) is 25.0. The third-order valence-corrected chi connectivity index (χ3v) is 4.26. The van der Waals surface area contributed by atoms with Crippen LogP contribution >= 0.6 is 0 Å². The van der Waals surface area contributed by atoms with Crippen LogP contribution in [0, 0.1) is 5.92 Å². The van der Waals surface area contributed by atoms with Gasteiger partial charge in [0.05, 0.1) is 0 Å². The van der Waals surface area contributed by atoms with Crippen molar-refractivity contribution >= 4 is 11.9 Å². The van der Waals surface area contributed by atoms with Gasteiger partial charge in [0.2, 0.25) is 5.91 Å². The third-order valence-electron chi connectivity index (χ3n) is 4.26. The summed E-state index contributed by atoms with van der Waals surface area (Å²) in [5, 5.41) is 12.1. The predicted molar refractivity (Wildman–Crippen MR) is 71.8 cm³/mol. The molecule has 0 radical (unpaired) electrons. The Morgan fingerprint density at radius 2 is 2.11 bits per heavy atom. The van der Waals surface area contributed by atoms with Crippen molar-refractivity contribution in [2.45, 2.75) is 51.0 Å². The minimum Gasteiger partial charge on any atom is -0.481 e. The highest BCUT2D eigenvalue weighted by Crippen LogP contribution is 2.23. The normalized spacial score (nSPS) is 27.5. The van der Waals surface area contributed by atoms with E-state index < -0.39 is 5.97 Å². The van der Waals surface area contributed by atoms with Crippen LogP contribution in [-0.4, -0.2) is 47.6 Å². The zero-order valence-corrected chi connectivity index (χ0v) is 11.4. The molecule has 2 rings (SSSR count). The fourth-order valence-corrected chi connectivity index (χ4v) is 3.17. The summed E-state index contributed by atoms with van der Waals surface area (Å²) in [6.45, 7) is 2.77. The maximum Gasteiger partial charge on any atom is 0.303 e. The van der Waals surface area contributed by atoms with Crippen LogP contribution in [-0.2, 0) is 9.59 Å². The average Bonchev–Trinajstić information content (AvgIpc) is 2.89. The molecule has 2 aliphatic rings. The van der Waals surface area contributed by atoms with Crippen LogP contribution in [0.25, 0.3) is 0 Å². The summed E-state index contributed by atoms with van der Waals surface area (Å²) in [5.41, 5.74) is 0. The lowest BCUT2D eigenvalue weighted by Gasteiger charge is -2.36. The number of carbonyl (C=O) groups is 2. The smallest absolute Gasteiger partial charge is 0.303 e. The van der Waals surface area contributed by atoms with E-state index >= 15 is 0 Å². The minimum absolute atomic E-state index is 0.145. The molecule has 0 aliphatic carbocycles. The van der Waals surface area contributed by atoms with Crippen molar-refractivity contribution in [1.29, 1.82) is 0 Å². The molecule has 2 fully saturated rings. The van der Waals surface area contributed by atoms with Gasteiger partial charge >= 0.3 is 5.97 Å². The number of nitrogens with one attached hydrogen (secondary N) is 1. The molecule has 0 aromatic heterocycles. The standard InChI is InChI=1S/C14H24N2O3/c17-13(9-11-6-7-15-10-11)16-8-2-1-3-12(16)4-5-14(18)19/h11-12,15H,1-10H2,(H,18,19). The summed E-state index contributed by atoms with van der Waals surface area (Å²) < 4.78 is 0. The number of rotatable bonds is 5. The molecule has 0 spiro atoms. The molecule has 0 aromatic carbocycles. The Morgan fingerprint density at radius 1 is 1.26 bits per heavy atom. The quantitative estimate of drug-likeness (QED) is 0.787. The lowest BCUT2D eigenvalue weighted by molar-refractivity contribution is -0.140. The van der Waals surface area contributed by atoms with Crippen molar-refractivity contribution in [2.75, 3.05) is 19.6 Å². The average molecular weight is 268 g/mol. The summed E-state index contributed by atoms with van der Waals surface area (Å²) in [5.74, 6) is -0.0729. The molecule has 2 N–H and O–H groups in total. The summed E-state index contributed by atoms with van der Waals surface area (Å²) in [7, 11) is 0. The molecular weight excluding hydrogens is 244 g/mol. The van der Waals surface area contributed by atoms with Crippen molar-refractivity contribution in [3.63, 3.8) is 0 Å². The highest BCUT2D eigenvalue weighted by Gasteiger charge is 2.29. The van der Waals surface area contributed by atoms with Crippen molar-refractivity contribution in [3.05, 3.63) is 0 Å². The first-order valence-corrected chi connectivity index (χ1v) is 7.39. The second-order valence-corrected chi connectivity index (χ2v) is 5.73. The summed E-state index contributed by atoms with van der Waals surface area (Å²) in [6.07, 6.45) is 5.60. The fraction of sp³-hybridized carbons (Fsp3) is 0.857. The molecule has 1 amide bonds. The van der Waals surface area contributed by atoms with E-state index in [2.05, 4.69) is 5.32 Å². The van der Waals surface area contributed by atoms with Crippen LogP contribution in [0.1, 0.15) is 44.9 Å². The van der Waals surface area contributed by atoms with Crippen LogP contribution in [0.5, 0.6) is 0 Å². The molecule has 0 saturated carbocycles. The van der Waals surface area contributed by atoms with E-state index in [4.69, 9.17) is 5.11 Å². The number of carboxylic acids is 1. The number of amides is 1. The first-order valence-electron chi connectivity index (χ1n) is 7.39. The van der Waals surface area contributed by atoms with E-state index in [1.54, 1.807) is 0 Å². The molecule has 2 aliphatic heterocycles. The Hall–Kier alpha value is -1.10. The van der Waals surface area contributed by atoms with Crippen molar-refractivity contribution in [3.8, 4) is 0 Å². The van der Waals surface area contributed by atoms with E-state index in [0.29, 0.717) is 18.8 Å². The predicted octanol–water partition coefficient (Wildman–Crippen LogP) is 1.23. The van der Waals surface area contributed by atoms with Crippen LogP contribution in [0.3, 0.4) is 0 Å². The summed E-state index contributed by atoms with van der Waals surface area (Å²) >= 11 is 0. The van der Waals surface area contributed by atoms with Gasteiger partial charge in [-0.25, -0.2) is 0 Å². The third kappa shape index (κ3) is 4.20. The van der Waals surface area contributed by atoms with Gasteiger partial charge in [-0.1, -0.05) is 0 Å². The first kappa shape index (κ1) is 14.3. The van der Waals surface area contributed by atoms with Gasteiger partial charge in [-0.3, -0.25) is 9.59 Å². The maximum absolute atomic E-state index is 12.4. The molecule has 0 bridgehead atoms. The highest BCUT2D eigenvalue weighted by molar-refractivity contribution is 5.77. The number of carbonyl (C=O) groups excluding carboxylic acids is 1. The van der Waals surface area contributed by atoms with Crippen LogP contribution in [0.2, 0.25) is 0 Å². The van der Waals surface area contributed by atoms with Crippen molar-refractivity contribution < 1.29 is 14.7 Å². The highest BCUT2D eigenvalue weighted by atomic mass is 16.4. The van der Waals surface area contributed by atoms with Crippen LogP contribution in [0.4, 0.5) is 0 Å². The van der Waals surface area contributed by atoms with E-state index in [9.17, 15) is 9.59 Å². The van der Waals surface area contributed by atoms with Gasteiger partial charge in [0.25, 0.3) is 0 Å². The lowest BCUT2D eigenvalue weighted by Crippen LogP contribution is -2.44. The molecule has 2 unspecified atom stereocenters. The zero-order chi connectivity index (χ0) is 13.7. The van der Waals surface area contributed by atoms with Gasteiger partial charge in [-0.15, -0.1) is 0 Å². The molecule has 2 atom stereocenters. The second-order valence-electron chi connectivity index (χ2n) is 5.73. The SMILES string of the molecule is O=C(O)CCC1CCCCN1C(=O)CC1CCNC1. The molecule has 108 valence electrons. The van der Waals surface area contributed by atoms with Gasteiger partial charge in [0.1, 0.15) is 0 Å². The molecule has 5 nitrogen and oxygen atoms in total. The Kier molecular flexibility index (Phi) is 5.19. The number of carboxylic acid groups (broad SMARTS) is 1. The maximum atomic E-state index is 12.4. The molecule has 19 heavy (non-hydrogen) atoms. The van der Waals surface area contributed by atoms with Crippen molar-refractivity contribution in [1.82, 2.24) is 10.2 Å². The van der Waals surface area contributed by atoms with Gasteiger partial charge in [0, 0.05) is 25.4 Å². The molecular formula is C14H24N2O3. The van der Waals surface area contributed by atoms with Gasteiger partial charge in [0.15, 0.2) is 0 Å². The van der Waals surface area contributed by atoms with E-state index in [1.165, 1.54) is 0 Å². The topological polar surface area (TPSA) is 69.6 Å². The second kappa shape index (κ2) is 6.89. The molecule has 0 aromatic rings. The van der Waals surface area contributed by atoms with E-state index in [1.807, 2.05) is 4.90 Å². The number of piperidine rings is 1. The largest absolute Gasteiger partial charge is 0.481 e. The number of nitrogens with zero attached hydrogens (tertiary/aromatic N) is 1. The van der Waals surface area contributed by atoms with Gasteiger partial charge in [-0.2, -0.15) is 0 Å². The number of aliphatic carboxylic acids is 1. The molecule has 2 saturated heterocycles. The fourth-order valence-electron chi connectivity index (χ4n) is 3.17. The molecule has 5 heteroatoms. The van der Waals surface area contributed by atoms with E-state index in [-0.39, 0.29) is 18.4 Å². The number of hydrogen-bond donors (Lipinski definition) is 2. The van der Waals surface area contributed by atoms with Gasteiger partial charge in [-0.05, 0) is 51.1 Å². The van der Waals surface area contributed by atoms with Crippen LogP contribution < -0.4 is 5.32 Å². The van der Waals surface area contributed by atoms with Crippen LogP contribution in [0.15, 0.2) is 0 Å². The number of hydrogen-bond acceptors (Lipinski definition) is 3. The first-order chi connectivity index (χ1) is 9.16. The lowest BCUT2D eigenvalue weighted by atomic mass is 9.96. The minimum atomic E-state index is -0.766. The Morgan fingerprint density at radius 3 is 2.79 bits per heavy atom. The Labute approximate surface area is 114 Å². The van der Waals surface area contributed by atoms with E-state index in [0.717, 1.165) is 45.3 Å². The summed E-state index contributed by atoms with van der Waals surface area (Å²) in [6, 6.07) is 0.145. The molecule has 2 heterocycles. The van der Waals surface area contributed by atoms with Crippen molar-refractivity contribution in [2.24, 2.45) is 5.92 Å². The van der Waals surface area contributed by atoms with Gasteiger partial charge < -0.3 is 15.3 Å². The Bertz CT molecular complexity index is 327. The number of likely N-dealkylation sites (tertiary alicyclic amines) is 1. The zero-order valence-electron chi connectivity index (χ0n) is 11.4.